The van der Waals surface area contributed by atoms with Gasteiger partial charge in [0.15, 0.2) is 16.6 Å². The molecule has 1 aliphatic carbocycles. The number of hydrogen-bond acceptors (Lipinski definition) is 2. The van der Waals surface area contributed by atoms with Crippen molar-refractivity contribution in [2.24, 2.45) is 5.92 Å². The molecule has 0 spiro atoms. The molecule has 1 saturated carbocycles. The molecule has 32 heavy (non-hydrogen) atoms. The number of benzene rings is 2. The highest BCUT2D eigenvalue weighted by Gasteiger charge is 2.44. The fraction of sp³-hybridized carbons (Fsp3) is 0.458. The van der Waals surface area contributed by atoms with Crippen molar-refractivity contribution in [2.45, 2.75) is 63.9 Å². The zero-order chi connectivity index (χ0) is 23.5. The van der Waals surface area contributed by atoms with Gasteiger partial charge in [-0.25, -0.2) is 4.39 Å². The fourth-order valence-electron chi connectivity index (χ4n) is 4.38. The summed E-state index contributed by atoms with van der Waals surface area (Å²) < 4.78 is 69.3. The molecule has 3 rings (SSSR count). The van der Waals surface area contributed by atoms with Crippen LogP contribution in [0.5, 0.6) is 5.75 Å². The third kappa shape index (κ3) is 5.57. The molecule has 0 aromatic heterocycles. The van der Waals surface area contributed by atoms with Crippen molar-refractivity contribution in [3.63, 3.8) is 0 Å². The number of thiocarbonyl (C=S) groups is 1. The number of hydrogen-bond donors (Lipinski definition) is 1. The van der Waals surface area contributed by atoms with Crippen LogP contribution in [-0.2, 0) is 0 Å². The van der Waals surface area contributed by atoms with E-state index in [0.29, 0.717) is 17.0 Å². The van der Waals surface area contributed by atoms with E-state index in [1.165, 1.54) is 12.5 Å². The summed E-state index contributed by atoms with van der Waals surface area (Å²) in [6, 6.07) is 8.44. The molecule has 1 aliphatic rings. The first-order valence-electron chi connectivity index (χ1n) is 10.6. The molecule has 1 fully saturated rings. The molecular weight excluding hydrogens is 447 g/mol. The number of halogens is 5. The van der Waals surface area contributed by atoms with Gasteiger partial charge in [0.2, 0.25) is 0 Å². The quantitative estimate of drug-likeness (QED) is 0.311. The lowest BCUT2D eigenvalue weighted by Crippen LogP contribution is -2.33. The van der Waals surface area contributed by atoms with Crippen LogP contribution in [0.1, 0.15) is 62.5 Å². The van der Waals surface area contributed by atoms with E-state index in [9.17, 15) is 27.1 Å². The summed E-state index contributed by atoms with van der Waals surface area (Å²) in [7, 11) is 0. The van der Waals surface area contributed by atoms with Crippen molar-refractivity contribution < 1.29 is 31.8 Å². The predicted molar refractivity (Wildman–Crippen MR) is 117 cm³/mol. The summed E-state index contributed by atoms with van der Waals surface area (Å²) in [5.74, 6) is -1.16. The molecule has 174 valence electrons. The maximum Gasteiger partial charge on any atom is 0.461 e. The number of aliphatic hydroxyl groups is 1. The van der Waals surface area contributed by atoms with E-state index in [0.717, 1.165) is 55.7 Å². The summed E-state index contributed by atoms with van der Waals surface area (Å²) >= 11 is 4.91. The minimum atomic E-state index is -4.81. The van der Waals surface area contributed by atoms with Gasteiger partial charge in [0.25, 0.3) is 0 Å². The van der Waals surface area contributed by atoms with Gasteiger partial charge in [-0.15, -0.1) is 0 Å². The smallest absolute Gasteiger partial charge is 0.461 e. The Bertz CT molecular complexity index is 955. The number of alkyl halides is 4. The van der Waals surface area contributed by atoms with Crippen LogP contribution < -0.4 is 4.74 Å². The van der Waals surface area contributed by atoms with E-state index in [1.54, 1.807) is 6.07 Å². The number of rotatable bonds is 8. The first-order chi connectivity index (χ1) is 15.1. The van der Waals surface area contributed by atoms with Crippen molar-refractivity contribution in [2.75, 3.05) is 0 Å². The monoisotopic (exact) mass is 472 g/mol. The fourth-order valence-corrected chi connectivity index (χ4v) is 4.55. The van der Waals surface area contributed by atoms with Gasteiger partial charge in [-0.1, -0.05) is 38.0 Å². The number of ether oxygens (including phenoxy) is 1. The van der Waals surface area contributed by atoms with Crippen LogP contribution in [0.2, 0.25) is 0 Å². The summed E-state index contributed by atoms with van der Waals surface area (Å²) in [5.41, 5.74) is 2.04. The van der Waals surface area contributed by atoms with Crippen molar-refractivity contribution in [1.29, 1.82) is 0 Å². The van der Waals surface area contributed by atoms with E-state index < -0.39 is 24.1 Å². The zero-order valence-corrected chi connectivity index (χ0v) is 18.4. The zero-order valence-electron chi connectivity index (χ0n) is 17.6. The Balaban J connectivity index is 1.90. The summed E-state index contributed by atoms with van der Waals surface area (Å²) in [6.07, 6.45) is -2.21. The SMILES string of the molecule is CCC[C@H]1CC[C@H](c2ccc(C(O)=S)c(-c3ccc(OC(F)(F)C(F)F)c(F)c3)c2)CC1. The molecule has 0 amide bonds. The molecule has 0 bridgehead atoms. The highest BCUT2D eigenvalue weighted by Crippen LogP contribution is 2.40. The molecule has 0 saturated heterocycles. The van der Waals surface area contributed by atoms with Crippen LogP contribution in [0.4, 0.5) is 22.0 Å². The summed E-state index contributed by atoms with van der Waals surface area (Å²) in [6.45, 7) is 2.18. The molecule has 2 nitrogen and oxygen atoms in total. The topological polar surface area (TPSA) is 29.5 Å². The minimum absolute atomic E-state index is 0.267. The normalized spacial score (nSPS) is 19.2. The van der Waals surface area contributed by atoms with Gasteiger partial charge in [-0.3, -0.25) is 0 Å². The van der Waals surface area contributed by atoms with Crippen molar-refractivity contribution >= 4 is 17.3 Å². The molecule has 8 heteroatoms. The van der Waals surface area contributed by atoms with Crippen LogP contribution >= 0.6 is 12.2 Å². The molecule has 2 aromatic rings. The molecule has 2 aromatic carbocycles. The predicted octanol–water partition coefficient (Wildman–Crippen LogP) is 8.04. The first-order valence-corrected chi connectivity index (χ1v) is 11.0. The third-order valence-corrected chi connectivity index (χ3v) is 6.25. The minimum Gasteiger partial charge on any atom is -0.499 e. The van der Waals surface area contributed by atoms with Crippen LogP contribution in [-0.4, -0.2) is 22.7 Å². The average Bonchev–Trinajstić information content (AvgIpc) is 2.75. The lowest BCUT2D eigenvalue weighted by molar-refractivity contribution is -0.254. The lowest BCUT2D eigenvalue weighted by Gasteiger charge is -2.29. The number of aliphatic hydroxyl groups excluding tert-OH is 1. The van der Waals surface area contributed by atoms with E-state index in [1.807, 2.05) is 12.1 Å². The maximum absolute atomic E-state index is 14.4. The van der Waals surface area contributed by atoms with E-state index >= 15 is 0 Å². The van der Waals surface area contributed by atoms with Crippen molar-refractivity contribution in [3.05, 3.63) is 53.3 Å². The standard InChI is InChI=1S/C24H25F5O2S/c1-2-3-14-4-6-15(7-5-14)16-8-10-18(22(30)32)19(12-16)17-9-11-21(20(25)13-17)31-24(28,29)23(26)27/h8-15,23H,2-7H2,1H3,(H,30,32)/t14-,15-. The summed E-state index contributed by atoms with van der Waals surface area (Å²) in [5, 5.41) is 9.54. The Hall–Kier alpha value is -2.22. The molecule has 0 radical (unpaired) electrons. The second-order valence-electron chi connectivity index (χ2n) is 8.23. The Morgan fingerprint density at radius 2 is 1.81 bits per heavy atom. The van der Waals surface area contributed by atoms with Crippen LogP contribution in [0.15, 0.2) is 36.4 Å². The van der Waals surface area contributed by atoms with E-state index in [2.05, 4.69) is 11.7 Å². The van der Waals surface area contributed by atoms with Gasteiger partial charge in [0.05, 0.1) is 0 Å². The van der Waals surface area contributed by atoms with E-state index in [4.69, 9.17) is 12.2 Å². The molecule has 0 atom stereocenters. The Labute approximate surface area is 189 Å². The first kappa shape index (κ1) is 24.4. The van der Waals surface area contributed by atoms with Crippen molar-refractivity contribution in [3.8, 4) is 16.9 Å². The van der Waals surface area contributed by atoms with E-state index in [-0.39, 0.29) is 10.6 Å². The Morgan fingerprint density at radius 1 is 1.12 bits per heavy atom. The molecular formula is C24H25F5O2S. The Kier molecular flexibility index (Phi) is 7.75. The molecule has 0 unspecified atom stereocenters. The summed E-state index contributed by atoms with van der Waals surface area (Å²) in [4.78, 5) is 0. The highest BCUT2D eigenvalue weighted by molar-refractivity contribution is 7.80. The van der Waals surface area contributed by atoms with Crippen LogP contribution in [0, 0.1) is 11.7 Å². The van der Waals surface area contributed by atoms with Gasteiger partial charge < -0.3 is 9.84 Å². The molecule has 0 heterocycles. The average molecular weight is 473 g/mol. The van der Waals surface area contributed by atoms with Gasteiger partial charge in [0, 0.05) is 5.56 Å². The largest absolute Gasteiger partial charge is 0.499 e. The Morgan fingerprint density at radius 3 is 2.38 bits per heavy atom. The second kappa shape index (κ2) is 10.1. The third-order valence-electron chi connectivity index (χ3n) is 6.03. The van der Waals surface area contributed by atoms with Gasteiger partial charge in [0.1, 0.15) is 0 Å². The highest BCUT2D eigenvalue weighted by atomic mass is 32.1. The molecule has 0 aliphatic heterocycles. The van der Waals surface area contributed by atoms with Crippen molar-refractivity contribution in [1.82, 2.24) is 0 Å². The molecule has 1 N–H and O–H groups in total. The van der Waals surface area contributed by atoms with Gasteiger partial charge in [-0.05, 0) is 84.6 Å². The lowest BCUT2D eigenvalue weighted by atomic mass is 9.76. The van der Waals surface area contributed by atoms with Gasteiger partial charge in [-0.2, -0.15) is 17.6 Å². The van der Waals surface area contributed by atoms with Crippen LogP contribution in [0.25, 0.3) is 11.1 Å². The van der Waals surface area contributed by atoms with Crippen LogP contribution in [0.3, 0.4) is 0 Å². The maximum atomic E-state index is 14.4. The second-order valence-corrected chi connectivity index (χ2v) is 8.61. The van der Waals surface area contributed by atoms with Gasteiger partial charge >= 0.3 is 12.5 Å².